The van der Waals surface area contributed by atoms with E-state index < -0.39 is 33.3 Å². The summed E-state index contributed by atoms with van der Waals surface area (Å²) in [5.74, 6) is -2.11. The van der Waals surface area contributed by atoms with Gasteiger partial charge in [-0.05, 0) is 60.4 Å². The Kier molecular flexibility index (Phi) is 8.74. The highest BCUT2D eigenvalue weighted by Crippen LogP contribution is 2.52. The third-order valence-corrected chi connectivity index (χ3v) is 9.81. The molecule has 3 aromatic rings. The van der Waals surface area contributed by atoms with Crippen molar-refractivity contribution >= 4 is 44.9 Å². The first-order chi connectivity index (χ1) is 18.4. The number of aliphatic carboxylic acids is 1. The van der Waals surface area contributed by atoms with Crippen LogP contribution in [0.3, 0.4) is 0 Å². The van der Waals surface area contributed by atoms with Crippen LogP contribution in [-0.4, -0.2) is 42.1 Å². The Hall–Kier alpha value is -2.87. The summed E-state index contributed by atoms with van der Waals surface area (Å²) in [5.41, 5.74) is 0.370. The highest BCUT2D eigenvalue weighted by atomic mass is 35.5. The molecule has 1 heterocycles. The van der Waals surface area contributed by atoms with Crippen molar-refractivity contribution in [2.75, 3.05) is 5.75 Å². The number of piperidine rings is 1. The summed E-state index contributed by atoms with van der Waals surface area (Å²) in [7, 11) is -3.76. The minimum atomic E-state index is -3.76. The minimum absolute atomic E-state index is 0.177. The number of hydrogen-bond acceptors (Lipinski definition) is 4. The van der Waals surface area contributed by atoms with Gasteiger partial charge in [-0.1, -0.05) is 79.5 Å². The van der Waals surface area contributed by atoms with Crippen molar-refractivity contribution < 1.29 is 23.1 Å². The largest absolute Gasteiger partial charge is 0.481 e. The fraction of sp³-hybridized carbons (Fsp3) is 0.333. The smallest absolute Gasteiger partial charge is 0.304 e. The number of amides is 1. The lowest BCUT2D eigenvalue weighted by Crippen LogP contribution is -2.57. The van der Waals surface area contributed by atoms with Gasteiger partial charge in [0, 0.05) is 22.0 Å². The van der Waals surface area contributed by atoms with E-state index in [0.717, 1.165) is 11.1 Å². The quantitative estimate of drug-likeness (QED) is 0.298. The molecule has 0 bridgehead atoms. The van der Waals surface area contributed by atoms with Crippen molar-refractivity contribution in [2.45, 2.75) is 56.0 Å². The highest BCUT2D eigenvalue weighted by molar-refractivity contribution is 7.91. The second-order valence-electron chi connectivity index (χ2n) is 10.4. The lowest BCUT2D eigenvalue weighted by Gasteiger charge is -2.51. The van der Waals surface area contributed by atoms with Gasteiger partial charge < -0.3 is 10.0 Å². The first-order valence-electron chi connectivity index (χ1n) is 12.8. The maximum atomic E-state index is 14.3. The van der Waals surface area contributed by atoms with E-state index in [2.05, 4.69) is 0 Å². The third kappa shape index (κ3) is 6.32. The summed E-state index contributed by atoms with van der Waals surface area (Å²) < 4.78 is 27.0. The number of halogens is 2. The van der Waals surface area contributed by atoms with Crippen molar-refractivity contribution in [1.82, 2.24) is 4.90 Å². The molecule has 1 aliphatic rings. The van der Waals surface area contributed by atoms with E-state index in [4.69, 9.17) is 23.2 Å². The summed E-state index contributed by atoms with van der Waals surface area (Å²) >= 11 is 12.6. The van der Waals surface area contributed by atoms with E-state index in [1.807, 2.05) is 37.3 Å². The van der Waals surface area contributed by atoms with Gasteiger partial charge in [0.25, 0.3) is 0 Å². The Morgan fingerprint density at radius 1 is 1.00 bits per heavy atom. The summed E-state index contributed by atoms with van der Waals surface area (Å²) in [4.78, 5) is 28.1. The second-order valence-corrected chi connectivity index (χ2v) is 13.3. The average molecular weight is 589 g/mol. The monoisotopic (exact) mass is 587 g/mol. The number of hydrogen-bond donors (Lipinski definition) is 1. The molecule has 0 aromatic heterocycles. The van der Waals surface area contributed by atoms with Gasteiger partial charge in [0.1, 0.15) is 0 Å². The van der Waals surface area contributed by atoms with Crippen LogP contribution in [0.5, 0.6) is 0 Å². The lowest BCUT2D eigenvalue weighted by atomic mass is 9.67. The maximum Gasteiger partial charge on any atom is 0.304 e. The van der Waals surface area contributed by atoms with Crippen LogP contribution >= 0.6 is 23.2 Å². The van der Waals surface area contributed by atoms with E-state index in [0.29, 0.717) is 16.5 Å². The molecule has 3 aromatic carbocycles. The van der Waals surface area contributed by atoms with Gasteiger partial charge in [0.2, 0.25) is 5.91 Å². The van der Waals surface area contributed by atoms with Crippen LogP contribution in [0.15, 0.2) is 83.8 Å². The zero-order chi connectivity index (χ0) is 28.4. The Morgan fingerprint density at radius 2 is 1.67 bits per heavy atom. The number of carbonyl (C=O) groups excluding carboxylic acids is 1. The first-order valence-corrected chi connectivity index (χ1v) is 15.2. The summed E-state index contributed by atoms with van der Waals surface area (Å²) in [6.07, 6.45) is 0.228. The fourth-order valence-corrected chi connectivity index (χ4v) is 7.64. The average Bonchev–Trinajstić information content (AvgIpc) is 2.89. The highest BCUT2D eigenvalue weighted by Gasteiger charge is 2.52. The van der Waals surface area contributed by atoms with Crippen LogP contribution in [-0.2, 0) is 19.4 Å². The normalized spacial score (nSPS) is 22.5. The topological polar surface area (TPSA) is 91.8 Å². The Balaban J connectivity index is 1.90. The van der Waals surface area contributed by atoms with E-state index in [9.17, 15) is 23.1 Å². The number of rotatable bonds is 9. The molecule has 1 fully saturated rings. The van der Waals surface area contributed by atoms with Crippen molar-refractivity contribution in [3.8, 4) is 0 Å². The summed E-state index contributed by atoms with van der Waals surface area (Å²) in [6.45, 7) is 3.50. The Bertz CT molecular complexity index is 1450. The molecule has 9 heteroatoms. The van der Waals surface area contributed by atoms with Crippen molar-refractivity contribution in [3.63, 3.8) is 0 Å². The summed E-state index contributed by atoms with van der Waals surface area (Å²) in [6, 6.07) is 21.3. The molecule has 1 unspecified atom stereocenters. The van der Waals surface area contributed by atoms with Crippen LogP contribution in [0.4, 0.5) is 0 Å². The van der Waals surface area contributed by atoms with E-state index >= 15 is 0 Å². The van der Waals surface area contributed by atoms with Gasteiger partial charge in [-0.2, -0.15) is 0 Å². The zero-order valence-electron chi connectivity index (χ0n) is 21.8. The standard InChI is InChI=1S/C30H31Cl2NO5S/c1-3-24(19-39(37,38)25-10-5-4-6-11-25)33-28(20-12-14-22(31)15-13-20)26(21-8-7-9-23(32)16-21)17-30(2,29(33)36)18-27(34)35/h4-16,24,26,28H,3,17-19H2,1-2H3,(H,34,35)/t24?,26-,28-,30-/m1/s1. The molecule has 1 N–H and O–H groups in total. The lowest BCUT2D eigenvalue weighted by molar-refractivity contribution is -0.160. The first kappa shape index (κ1) is 29.1. The molecule has 4 rings (SSSR count). The predicted octanol–water partition coefficient (Wildman–Crippen LogP) is 6.78. The van der Waals surface area contributed by atoms with Gasteiger partial charge in [-0.3, -0.25) is 9.59 Å². The molecule has 0 spiro atoms. The molecule has 4 atom stereocenters. The van der Waals surface area contributed by atoms with Gasteiger partial charge in [0.15, 0.2) is 9.84 Å². The van der Waals surface area contributed by atoms with Crippen LogP contribution in [0.1, 0.15) is 56.2 Å². The van der Waals surface area contributed by atoms with Crippen molar-refractivity contribution in [3.05, 3.63) is 100 Å². The van der Waals surface area contributed by atoms with Gasteiger partial charge in [-0.25, -0.2) is 8.42 Å². The summed E-state index contributed by atoms with van der Waals surface area (Å²) in [5, 5.41) is 10.8. The number of likely N-dealkylation sites (tertiary alicyclic amines) is 1. The van der Waals surface area contributed by atoms with E-state index in [1.165, 1.54) is 0 Å². The van der Waals surface area contributed by atoms with Crippen LogP contribution in [0.25, 0.3) is 0 Å². The number of sulfone groups is 1. The Morgan fingerprint density at radius 3 is 2.26 bits per heavy atom. The minimum Gasteiger partial charge on any atom is -0.481 e. The van der Waals surface area contributed by atoms with Crippen LogP contribution in [0.2, 0.25) is 10.0 Å². The molecule has 0 radical (unpaired) electrons. The molecule has 206 valence electrons. The third-order valence-electron chi connectivity index (χ3n) is 7.51. The van der Waals surface area contributed by atoms with Gasteiger partial charge >= 0.3 is 5.97 Å². The van der Waals surface area contributed by atoms with Gasteiger partial charge in [0.05, 0.1) is 28.5 Å². The molecule has 1 aliphatic heterocycles. The maximum absolute atomic E-state index is 14.3. The number of benzene rings is 3. The Labute approximate surface area is 239 Å². The number of carboxylic acid groups (broad SMARTS) is 1. The second kappa shape index (κ2) is 11.7. The number of carbonyl (C=O) groups is 2. The van der Waals surface area contributed by atoms with Gasteiger partial charge in [-0.15, -0.1) is 0 Å². The molecule has 6 nitrogen and oxygen atoms in total. The molecule has 0 aliphatic carbocycles. The molecule has 0 saturated carbocycles. The molecule has 39 heavy (non-hydrogen) atoms. The number of carboxylic acids is 1. The molecular formula is C30H31Cl2NO5S. The van der Waals surface area contributed by atoms with E-state index in [1.54, 1.807) is 60.4 Å². The zero-order valence-corrected chi connectivity index (χ0v) is 24.1. The molecule has 1 saturated heterocycles. The molecular weight excluding hydrogens is 557 g/mol. The fourth-order valence-electron chi connectivity index (χ4n) is 5.65. The predicted molar refractivity (Wildman–Crippen MR) is 153 cm³/mol. The van der Waals surface area contributed by atoms with Crippen LogP contribution < -0.4 is 0 Å². The van der Waals surface area contributed by atoms with E-state index in [-0.39, 0.29) is 35.3 Å². The van der Waals surface area contributed by atoms with Crippen LogP contribution in [0, 0.1) is 5.41 Å². The van der Waals surface area contributed by atoms with Crippen molar-refractivity contribution in [2.24, 2.45) is 5.41 Å². The van der Waals surface area contributed by atoms with Crippen molar-refractivity contribution in [1.29, 1.82) is 0 Å². The SMILES string of the molecule is CCC(CS(=O)(=O)c1ccccc1)N1C(=O)[C@@](C)(CC(=O)O)C[C@H](c2cccc(Cl)c2)[C@H]1c1ccc(Cl)cc1. The number of nitrogens with zero attached hydrogens (tertiary/aromatic N) is 1. The molecule has 1 amide bonds.